The molecule has 0 saturated carbocycles. The lowest BCUT2D eigenvalue weighted by atomic mass is 10.2. The Balaban J connectivity index is 1.54. The molecule has 0 radical (unpaired) electrons. The van der Waals surface area contributed by atoms with Crippen LogP contribution in [0.4, 0.5) is 0 Å². The zero-order chi connectivity index (χ0) is 23.3. The van der Waals surface area contributed by atoms with Crippen molar-refractivity contribution < 1.29 is 28.6 Å². The van der Waals surface area contributed by atoms with Gasteiger partial charge in [-0.3, -0.25) is 9.59 Å². The highest BCUT2D eigenvalue weighted by molar-refractivity contribution is 8.00. The minimum absolute atomic E-state index is 0.00458. The van der Waals surface area contributed by atoms with Gasteiger partial charge in [0.2, 0.25) is 5.91 Å². The molecular weight excluding hydrogens is 432 g/mol. The third-order valence-corrected chi connectivity index (χ3v) is 6.39. The van der Waals surface area contributed by atoms with Crippen LogP contribution in [-0.2, 0) is 23.8 Å². The lowest BCUT2D eigenvalue weighted by Crippen LogP contribution is -2.49. The van der Waals surface area contributed by atoms with Crippen LogP contribution in [0.25, 0.3) is 0 Å². The summed E-state index contributed by atoms with van der Waals surface area (Å²) in [4.78, 5) is 41.9. The minimum Gasteiger partial charge on any atom is -0.452 e. The maximum absolute atomic E-state index is 12.7. The Labute approximate surface area is 193 Å². The van der Waals surface area contributed by atoms with Crippen LogP contribution in [0, 0.1) is 0 Å². The van der Waals surface area contributed by atoms with Gasteiger partial charge in [0.05, 0.1) is 35.7 Å². The maximum Gasteiger partial charge on any atom is 0.339 e. The van der Waals surface area contributed by atoms with E-state index in [9.17, 15) is 14.4 Å². The summed E-state index contributed by atoms with van der Waals surface area (Å²) in [5.41, 5.74) is 0.352. The fraction of sp³-hybridized carbons (Fsp3) is 0.609. The molecule has 1 aromatic carbocycles. The quantitative estimate of drug-likeness (QED) is 0.471. The second kappa shape index (κ2) is 11.2. The predicted octanol–water partition coefficient (Wildman–Crippen LogP) is 2.21. The fourth-order valence-electron chi connectivity index (χ4n) is 4.05. The average molecular weight is 465 g/mol. The molecule has 2 heterocycles. The van der Waals surface area contributed by atoms with Gasteiger partial charge >= 0.3 is 5.97 Å². The first-order valence-corrected chi connectivity index (χ1v) is 12.0. The van der Waals surface area contributed by atoms with Crippen molar-refractivity contribution in [3.05, 3.63) is 29.8 Å². The van der Waals surface area contributed by atoms with E-state index in [2.05, 4.69) is 0 Å². The number of carbonyl (C=O) groups excluding carboxylic acids is 3. The number of morpholine rings is 2. The number of hydrogen-bond acceptors (Lipinski definition) is 7. The Bertz CT molecular complexity index is 814. The van der Waals surface area contributed by atoms with Gasteiger partial charge in [-0.15, -0.1) is 11.8 Å². The van der Waals surface area contributed by atoms with E-state index in [0.29, 0.717) is 36.6 Å². The van der Waals surface area contributed by atoms with Gasteiger partial charge in [-0.1, -0.05) is 12.1 Å². The Morgan fingerprint density at radius 3 is 1.94 bits per heavy atom. The molecule has 0 bridgehead atoms. The van der Waals surface area contributed by atoms with E-state index in [0.717, 1.165) is 0 Å². The Morgan fingerprint density at radius 2 is 1.38 bits per heavy atom. The third-order valence-electron chi connectivity index (χ3n) is 5.33. The van der Waals surface area contributed by atoms with Crippen LogP contribution in [0.1, 0.15) is 38.1 Å². The van der Waals surface area contributed by atoms with Crippen molar-refractivity contribution in [2.75, 3.05) is 38.5 Å². The highest BCUT2D eigenvalue weighted by atomic mass is 32.2. The van der Waals surface area contributed by atoms with Gasteiger partial charge in [0.15, 0.2) is 6.61 Å². The molecule has 0 spiro atoms. The van der Waals surface area contributed by atoms with E-state index < -0.39 is 5.97 Å². The van der Waals surface area contributed by atoms with E-state index in [1.807, 2.05) is 33.8 Å². The molecule has 3 rings (SSSR count). The summed E-state index contributed by atoms with van der Waals surface area (Å²) in [6, 6.07) is 6.98. The lowest BCUT2D eigenvalue weighted by molar-refractivity contribution is -0.146. The van der Waals surface area contributed by atoms with Gasteiger partial charge in [0.25, 0.3) is 5.91 Å². The van der Waals surface area contributed by atoms with Crippen molar-refractivity contribution in [2.24, 2.45) is 0 Å². The molecule has 2 amide bonds. The molecule has 2 fully saturated rings. The smallest absolute Gasteiger partial charge is 0.339 e. The van der Waals surface area contributed by atoms with E-state index in [1.54, 1.807) is 28.0 Å². The van der Waals surface area contributed by atoms with Gasteiger partial charge in [-0.25, -0.2) is 4.79 Å². The summed E-state index contributed by atoms with van der Waals surface area (Å²) >= 11 is 1.30. The summed E-state index contributed by atoms with van der Waals surface area (Å²) in [5.74, 6) is -0.592. The molecule has 8 nitrogen and oxygen atoms in total. The molecule has 0 aromatic heterocycles. The van der Waals surface area contributed by atoms with Gasteiger partial charge in [0.1, 0.15) is 0 Å². The SMILES string of the molecule is C[C@@H]1CN(C(=O)COC(=O)c2ccccc2SCC(=O)N2C[C@@H](C)O[C@@H](C)C2)C[C@@H](C)O1. The van der Waals surface area contributed by atoms with Crippen LogP contribution in [0.15, 0.2) is 29.2 Å². The number of nitrogens with zero attached hydrogens (tertiary/aromatic N) is 2. The second-order valence-electron chi connectivity index (χ2n) is 8.47. The molecular formula is C23H32N2O6S. The van der Waals surface area contributed by atoms with Crippen molar-refractivity contribution in [1.29, 1.82) is 0 Å². The zero-order valence-electron chi connectivity index (χ0n) is 19.1. The topological polar surface area (TPSA) is 85.4 Å². The summed E-state index contributed by atoms with van der Waals surface area (Å²) in [7, 11) is 0. The molecule has 2 saturated heterocycles. The molecule has 2 aliphatic heterocycles. The molecule has 4 atom stereocenters. The lowest BCUT2D eigenvalue weighted by Gasteiger charge is -2.35. The number of benzene rings is 1. The second-order valence-corrected chi connectivity index (χ2v) is 9.49. The van der Waals surface area contributed by atoms with Crippen LogP contribution >= 0.6 is 11.8 Å². The first-order valence-electron chi connectivity index (χ1n) is 11.0. The van der Waals surface area contributed by atoms with Gasteiger partial charge in [0, 0.05) is 31.1 Å². The standard InChI is InChI=1S/C23H32N2O6S/c1-15-9-24(10-16(2)30-15)21(26)13-29-23(28)19-7-5-6-8-20(19)32-14-22(27)25-11-17(3)31-18(4)12-25/h5-8,15-18H,9-14H2,1-4H3/t15-,16-,17-,18+/m1/s1. The van der Waals surface area contributed by atoms with Crippen LogP contribution < -0.4 is 0 Å². The highest BCUT2D eigenvalue weighted by Gasteiger charge is 2.28. The summed E-state index contributed by atoms with van der Waals surface area (Å²) in [5, 5.41) is 0. The largest absolute Gasteiger partial charge is 0.452 e. The Hall–Kier alpha value is -2.10. The number of rotatable bonds is 6. The van der Waals surface area contributed by atoms with Crippen LogP contribution in [0.3, 0.4) is 0 Å². The minimum atomic E-state index is -0.572. The molecule has 9 heteroatoms. The first kappa shape index (κ1) is 24.5. The van der Waals surface area contributed by atoms with Crippen molar-refractivity contribution >= 4 is 29.5 Å². The Kier molecular flexibility index (Phi) is 8.56. The normalized spacial score (nSPS) is 26.0. The van der Waals surface area contributed by atoms with Crippen molar-refractivity contribution in [3.8, 4) is 0 Å². The third kappa shape index (κ3) is 6.70. The predicted molar refractivity (Wildman–Crippen MR) is 121 cm³/mol. The van der Waals surface area contributed by atoms with E-state index in [4.69, 9.17) is 14.2 Å². The van der Waals surface area contributed by atoms with Gasteiger partial charge in [-0.05, 0) is 39.8 Å². The zero-order valence-corrected chi connectivity index (χ0v) is 19.9. The van der Waals surface area contributed by atoms with E-state index in [1.165, 1.54) is 11.8 Å². The van der Waals surface area contributed by atoms with E-state index in [-0.39, 0.29) is 48.6 Å². The van der Waals surface area contributed by atoms with Gasteiger partial charge in [-0.2, -0.15) is 0 Å². The van der Waals surface area contributed by atoms with Crippen molar-refractivity contribution in [1.82, 2.24) is 9.80 Å². The number of carbonyl (C=O) groups is 3. The Morgan fingerprint density at radius 1 is 0.875 bits per heavy atom. The number of thioether (sulfide) groups is 1. The van der Waals surface area contributed by atoms with Crippen molar-refractivity contribution in [3.63, 3.8) is 0 Å². The first-order chi connectivity index (χ1) is 15.2. The maximum atomic E-state index is 12.7. The number of ether oxygens (including phenoxy) is 3. The monoisotopic (exact) mass is 464 g/mol. The van der Waals surface area contributed by atoms with Crippen molar-refractivity contribution in [2.45, 2.75) is 57.0 Å². The summed E-state index contributed by atoms with van der Waals surface area (Å²) in [6.45, 7) is 9.50. The van der Waals surface area contributed by atoms with Crippen LogP contribution in [-0.4, -0.2) is 90.5 Å². The van der Waals surface area contributed by atoms with E-state index >= 15 is 0 Å². The van der Waals surface area contributed by atoms with Crippen LogP contribution in [0.5, 0.6) is 0 Å². The van der Waals surface area contributed by atoms with Crippen LogP contribution in [0.2, 0.25) is 0 Å². The highest BCUT2D eigenvalue weighted by Crippen LogP contribution is 2.24. The molecule has 0 N–H and O–H groups in total. The fourth-order valence-corrected chi connectivity index (χ4v) is 4.99. The van der Waals surface area contributed by atoms with Gasteiger partial charge < -0.3 is 24.0 Å². The molecule has 0 unspecified atom stereocenters. The molecule has 1 aromatic rings. The summed E-state index contributed by atoms with van der Waals surface area (Å²) < 4.78 is 16.6. The summed E-state index contributed by atoms with van der Waals surface area (Å²) in [6.07, 6.45) is -0.0918. The number of esters is 1. The molecule has 176 valence electrons. The number of amides is 2. The number of hydrogen-bond donors (Lipinski definition) is 0. The molecule has 32 heavy (non-hydrogen) atoms. The average Bonchev–Trinajstić information content (AvgIpc) is 2.74. The molecule has 0 aliphatic carbocycles. The molecule has 2 aliphatic rings.